The van der Waals surface area contributed by atoms with E-state index >= 15 is 0 Å². The van der Waals surface area contributed by atoms with E-state index < -0.39 is 9.84 Å². The lowest BCUT2D eigenvalue weighted by molar-refractivity contribution is 0.0341. The zero-order valence-electron chi connectivity index (χ0n) is 13.8. The Bertz CT molecular complexity index is 840. The second-order valence-electron chi connectivity index (χ2n) is 6.78. The fourth-order valence-corrected chi connectivity index (χ4v) is 6.15. The lowest BCUT2D eigenvalue weighted by Gasteiger charge is -2.43. The molecule has 4 rings (SSSR count). The molecule has 134 valence electrons. The van der Waals surface area contributed by atoms with E-state index in [1.807, 2.05) is 24.3 Å². The quantitative estimate of drug-likeness (QED) is 0.871. The summed E-state index contributed by atoms with van der Waals surface area (Å²) in [6.45, 7) is 2.99. The minimum Gasteiger partial charge on any atom is -0.348 e. The molecule has 0 saturated carbocycles. The van der Waals surface area contributed by atoms with Gasteiger partial charge in [0.15, 0.2) is 9.84 Å². The zero-order chi connectivity index (χ0) is 17.4. The van der Waals surface area contributed by atoms with E-state index in [0.717, 1.165) is 29.5 Å². The molecular weight excluding hydrogens is 360 g/mol. The van der Waals surface area contributed by atoms with Crippen LogP contribution in [0.3, 0.4) is 0 Å². The van der Waals surface area contributed by atoms with Crippen LogP contribution in [0.5, 0.6) is 0 Å². The summed E-state index contributed by atoms with van der Waals surface area (Å²) in [5.74, 6) is 1.32. The van der Waals surface area contributed by atoms with Gasteiger partial charge >= 0.3 is 0 Å². The number of aromatic amines is 1. The Hall–Kier alpha value is -1.41. The average Bonchev–Trinajstić information content (AvgIpc) is 3.18. The van der Waals surface area contributed by atoms with Crippen molar-refractivity contribution < 1.29 is 8.42 Å². The monoisotopic (exact) mass is 380 g/mol. The maximum absolute atomic E-state index is 12.3. The highest BCUT2D eigenvalue weighted by Crippen LogP contribution is 2.30. The van der Waals surface area contributed by atoms with Gasteiger partial charge in [0, 0.05) is 49.1 Å². The summed E-state index contributed by atoms with van der Waals surface area (Å²) in [4.78, 5) is 11.9. The molecule has 0 unspecified atom stereocenters. The molecule has 1 aromatic heterocycles. The van der Waals surface area contributed by atoms with Crippen LogP contribution in [0.1, 0.15) is 11.4 Å². The van der Waals surface area contributed by atoms with Crippen molar-refractivity contribution in [3.63, 3.8) is 0 Å². The van der Waals surface area contributed by atoms with E-state index in [2.05, 4.69) is 19.8 Å². The minimum atomic E-state index is -3.02. The van der Waals surface area contributed by atoms with Crippen molar-refractivity contribution in [1.29, 1.82) is 0 Å². The van der Waals surface area contributed by atoms with Gasteiger partial charge in [-0.2, -0.15) is 0 Å². The molecule has 2 fully saturated rings. The number of hydrogen-bond donors (Lipinski definition) is 1. The lowest BCUT2D eigenvalue weighted by Crippen LogP contribution is -2.58. The second-order valence-corrected chi connectivity index (χ2v) is 9.34. The number of H-pyrrole nitrogens is 1. The average molecular weight is 381 g/mol. The molecule has 0 amide bonds. The number of rotatable bonds is 4. The molecule has 0 bridgehead atoms. The highest BCUT2D eigenvalue weighted by molar-refractivity contribution is 7.91. The number of hydrogen-bond acceptors (Lipinski definition) is 5. The van der Waals surface area contributed by atoms with Crippen LogP contribution in [-0.4, -0.2) is 64.9 Å². The molecule has 8 heteroatoms. The summed E-state index contributed by atoms with van der Waals surface area (Å²) in [5, 5.41) is 0.734. The molecule has 1 N–H and O–H groups in total. The molecule has 0 spiro atoms. The number of nitrogens with zero attached hydrogens (tertiary/aromatic N) is 3. The number of imidazole rings is 1. The van der Waals surface area contributed by atoms with Crippen molar-refractivity contribution in [3.8, 4) is 0 Å². The zero-order valence-corrected chi connectivity index (χ0v) is 15.4. The summed E-state index contributed by atoms with van der Waals surface area (Å²) in [5.41, 5.74) is 1.05. The van der Waals surface area contributed by atoms with E-state index in [-0.39, 0.29) is 23.6 Å². The minimum absolute atomic E-state index is 0.00462. The fraction of sp³-hybridized carbons (Fsp3) is 0.471. The third-order valence-electron chi connectivity index (χ3n) is 5.14. The summed E-state index contributed by atoms with van der Waals surface area (Å²) >= 11 is 6.30. The van der Waals surface area contributed by atoms with Crippen LogP contribution in [0.2, 0.25) is 5.02 Å². The predicted molar refractivity (Wildman–Crippen MR) is 97.1 cm³/mol. The largest absolute Gasteiger partial charge is 0.348 e. The van der Waals surface area contributed by atoms with Gasteiger partial charge in [0.2, 0.25) is 0 Å². The molecule has 2 aromatic rings. The highest BCUT2D eigenvalue weighted by atomic mass is 35.5. The predicted octanol–water partition coefficient (Wildman–Crippen LogP) is 1.55. The molecule has 2 saturated heterocycles. The standard InChI is InChI=1S/C17H21ClN4O2S/c18-14-4-2-1-3-13(14)9-21-7-8-22(10-17-19-5-6-20-17)16-12-25(23,24)11-15(16)21/h1-6,15-16H,7-12H2,(H,19,20)/t15-,16+/m1/s1. The van der Waals surface area contributed by atoms with Crippen LogP contribution in [0.4, 0.5) is 0 Å². The lowest BCUT2D eigenvalue weighted by atomic mass is 10.0. The third-order valence-corrected chi connectivity index (χ3v) is 7.21. The Morgan fingerprint density at radius 3 is 2.44 bits per heavy atom. The van der Waals surface area contributed by atoms with Crippen LogP contribution in [-0.2, 0) is 22.9 Å². The van der Waals surface area contributed by atoms with Crippen molar-refractivity contribution in [1.82, 2.24) is 19.8 Å². The summed E-state index contributed by atoms with van der Waals surface area (Å²) in [6, 6.07) is 7.78. The van der Waals surface area contributed by atoms with Crippen molar-refractivity contribution in [2.45, 2.75) is 25.2 Å². The van der Waals surface area contributed by atoms with Gasteiger partial charge in [-0.05, 0) is 11.6 Å². The van der Waals surface area contributed by atoms with E-state index in [9.17, 15) is 8.42 Å². The molecule has 1 aromatic carbocycles. The molecule has 6 nitrogen and oxygen atoms in total. The molecule has 0 aliphatic carbocycles. The number of piperazine rings is 1. The molecule has 2 aliphatic heterocycles. The summed E-state index contributed by atoms with van der Waals surface area (Å²) in [7, 11) is -3.02. The number of halogens is 1. The molecule has 3 heterocycles. The first-order valence-corrected chi connectivity index (χ1v) is 10.6. The van der Waals surface area contributed by atoms with Crippen molar-refractivity contribution >= 4 is 21.4 Å². The van der Waals surface area contributed by atoms with Crippen LogP contribution < -0.4 is 0 Å². The van der Waals surface area contributed by atoms with Gasteiger partial charge in [-0.25, -0.2) is 13.4 Å². The molecule has 0 radical (unpaired) electrons. The highest BCUT2D eigenvalue weighted by Gasteiger charge is 2.46. The first kappa shape index (κ1) is 17.0. The molecule has 2 aliphatic rings. The van der Waals surface area contributed by atoms with Crippen LogP contribution in [0.25, 0.3) is 0 Å². The number of sulfone groups is 1. The van der Waals surface area contributed by atoms with Crippen LogP contribution >= 0.6 is 11.6 Å². The summed E-state index contributed by atoms with van der Waals surface area (Å²) < 4.78 is 24.6. The van der Waals surface area contributed by atoms with Gasteiger partial charge in [0.1, 0.15) is 5.82 Å². The SMILES string of the molecule is O=S1(=O)C[C@@H]2[C@H](C1)N(Cc1ncc[nH]1)CCN2Cc1ccccc1Cl. The van der Waals surface area contributed by atoms with Gasteiger partial charge in [0.25, 0.3) is 0 Å². The summed E-state index contributed by atoms with van der Waals surface area (Å²) in [6.07, 6.45) is 3.53. The first-order valence-electron chi connectivity index (χ1n) is 8.42. The van der Waals surface area contributed by atoms with Gasteiger partial charge in [0.05, 0.1) is 18.1 Å². The fourth-order valence-electron chi connectivity index (χ4n) is 3.91. The maximum atomic E-state index is 12.3. The topological polar surface area (TPSA) is 69.3 Å². The Balaban J connectivity index is 1.55. The van der Waals surface area contributed by atoms with Gasteiger partial charge < -0.3 is 4.98 Å². The van der Waals surface area contributed by atoms with Crippen molar-refractivity contribution in [3.05, 3.63) is 53.1 Å². The number of benzene rings is 1. The maximum Gasteiger partial charge on any atom is 0.153 e. The molecular formula is C17H21ClN4O2S. The Labute approximate surface area is 152 Å². The molecule has 2 atom stereocenters. The third kappa shape index (κ3) is 3.60. The number of fused-ring (bicyclic) bond motifs is 1. The first-order chi connectivity index (χ1) is 12.0. The molecule has 25 heavy (non-hydrogen) atoms. The van der Waals surface area contributed by atoms with E-state index in [1.165, 1.54) is 0 Å². The Kier molecular flexibility index (Phi) is 4.58. The van der Waals surface area contributed by atoms with Gasteiger partial charge in [-0.15, -0.1) is 0 Å². The van der Waals surface area contributed by atoms with Gasteiger partial charge in [-0.1, -0.05) is 29.8 Å². The number of nitrogens with one attached hydrogen (secondary N) is 1. The van der Waals surface area contributed by atoms with E-state index in [4.69, 9.17) is 11.6 Å². The van der Waals surface area contributed by atoms with E-state index in [1.54, 1.807) is 12.4 Å². The smallest absolute Gasteiger partial charge is 0.153 e. The number of aromatic nitrogens is 2. The Morgan fingerprint density at radius 1 is 1.12 bits per heavy atom. The van der Waals surface area contributed by atoms with Crippen LogP contribution in [0.15, 0.2) is 36.7 Å². The van der Waals surface area contributed by atoms with E-state index in [0.29, 0.717) is 13.1 Å². The van der Waals surface area contributed by atoms with Gasteiger partial charge in [-0.3, -0.25) is 9.80 Å². The normalized spacial score (nSPS) is 26.6. The second kappa shape index (κ2) is 6.72. The van der Waals surface area contributed by atoms with Crippen LogP contribution in [0, 0.1) is 0 Å². The van der Waals surface area contributed by atoms with Crippen molar-refractivity contribution in [2.24, 2.45) is 0 Å². The Morgan fingerprint density at radius 2 is 1.80 bits per heavy atom. The van der Waals surface area contributed by atoms with Crippen molar-refractivity contribution in [2.75, 3.05) is 24.6 Å².